The Morgan fingerprint density at radius 1 is 1.18 bits per heavy atom. The molecule has 0 aromatic carbocycles. The molecule has 3 heteroatoms. The van der Waals surface area contributed by atoms with Crippen molar-refractivity contribution in [1.29, 1.82) is 0 Å². The van der Waals surface area contributed by atoms with Crippen LogP contribution in [-0.4, -0.2) is 23.5 Å². The maximum absolute atomic E-state index is 4.65. The van der Waals surface area contributed by atoms with Crippen LogP contribution in [0.1, 0.15) is 45.4 Å². The van der Waals surface area contributed by atoms with Gasteiger partial charge in [-0.25, -0.2) is 0 Å². The van der Waals surface area contributed by atoms with E-state index in [1.807, 2.05) is 11.8 Å². The Bertz CT molecular complexity index is 291. The van der Waals surface area contributed by atoms with Crippen molar-refractivity contribution in [2.45, 2.75) is 50.7 Å². The van der Waals surface area contributed by atoms with E-state index in [0.29, 0.717) is 0 Å². The lowest BCUT2D eigenvalue weighted by atomic mass is 9.83. The van der Waals surface area contributed by atoms with Crippen molar-refractivity contribution in [3.8, 4) is 0 Å². The number of nitrogens with zero attached hydrogens (tertiary/aromatic N) is 1. The first kappa shape index (κ1) is 11.9. The number of rotatable bonds is 3. The SMILES string of the molecule is CC1CCC(CNC2=NCC(C3CC3)S2)CC1. The first-order chi connectivity index (χ1) is 8.31. The molecule has 0 aromatic rings. The van der Waals surface area contributed by atoms with Crippen LogP contribution in [0.5, 0.6) is 0 Å². The van der Waals surface area contributed by atoms with Crippen LogP contribution >= 0.6 is 11.8 Å². The van der Waals surface area contributed by atoms with Crippen LogP contribution < -0.4 is 5.32 Å². The molecule has 1 N–H and O–H groups in total. The summed E-state index contributed by atoms with van der Waals surface area (Å²) in [6, 6.07) is 0. The third-order valence-corrected chi connectivity index (χ3v) is 5.84. The molecule has 0 amide bonds. The normalized spacial score (nSPS) is 37.9. The molecular formula is C14H24N2S. The van der Waals surface area contributed by atoms with Crippen molar-refractivity contribution in [2.75, 3.05) is 13.1 Å². The second-order valence-electron chi connectivity index (χ2n) is 6.15. The summed E-state index contributed by atoms with van der Waals surface area (Å²) in [5, 5.41) is 5.64. The predicted molar refractivity (Wildman–Crippen MR) is 75.5 cm³/mol. The lowest BCUT2D eigenvalue weighted by Gasteiger charge is -2.26. The third kappa shape index (κ3) is 3.18. The molecule has 0 saturated heterocycles. The van der Waals surface area contributed by atoms with Gasteiger partial charge in [0.25, 0.3) is 0 Å². The molecule has 0 bridgehead atoms. The minimum absolute atomic E-state index is 0.809. The molecule has 1 atom stereocenters. The smallest absolute Gasteiger partial charge is 0.156 e. The maximum atomic E-state index is 4.65. The van der Waals surface area contributed by atoms with Crippen molar-refractivity contribution < 1.29 is 0 Å². The Balaban J connectivity index is 1.37. The zero-order valence-electron chi connectivity index (χ0n) is 10.8. The molecule has 0 aromatic heterocycles. The van der Waals surface area contributed by atoms with E-state index in [2.05, 4.69) is 17.2 Å². The predicted octanol–water partition coefficient (Wildman–Crippen LogP) is 3.28. The highest BCUT2D eigenvalue weighted by molar-refractivity contribution is 8.14. The molecule has 2 nitrogen and oxygen atoms in total. The van der Waals surface area contributed by atoms with E-state index < -0.39 is 0 Å². The Morgan fingerprint density at radius 2 is 1.94 bits per heavy atom. The average Bonchev–Trinajstić information content (AvgIpc) is 3.09. The summed E-state index contributed by atoms with van der Waals surface area (Å²) in [4.78, 5) is 4.65. The molecular weight excluding hydrogens is 228 g/mol. The molecule has 0 radical (unpaired) electrons. The van der Waals surface area contributed by atoms with Crippen LogP contribution in [0.3, 0.4) is 0 Å². The van der Waals surface area contributed by atoms with E-state index in [4.69, 9.17) is 0 Å². The standard InChI is InChI=1S/C14H24N2S/c1-10-2-4-11(5-3-10)8-15-14-16-9-13(17-14)12-6-7-12/h10-13H,2-9H2,1H3,(H,15,16). The summed E-state index contributed by atoms with van der Waals surface area (Å²) in [6.45, 7) is 4.62. The quantitative estimate of drug-likeness (QED) is 0.833. The largest absolute Gasteiger partial charge is 0.365 e. The number of aliphatic imine (C=N–C) groups is 1. The van der Waals surface area contributed by atoms with E-state index in [0.717, 1.165) is 36.1 Å². The monoisotopic (exact) mass is 252 g/mol. The van der Waals surface area contributed by atoms with Gasteiger partial charge in [-0.3, -0.25) is 4.99 Å². The van der Waals surface area contributed by atoms with Crippen molar-refractivity contribution >= 4 is 16.9 Å². The average molecular weight is 252 g/mol. The molecule has 1 aliphatic heterocycles. The summed E-state index contributed by atoms with van der Waals surface area (Å²) >= 11 is 2.01. The van der Waals surface area contributed by atoms with E-state index >= 15 is 0 Å². The number of hydrogen-bond acceptors (Lipinski definition) is 3. The summed E-state index contributed by atoms with van der Waals surface area (Å²) < 4.78 is 0. The van der Waals surface area contributed by atoms with Crippen molar-refractivity contribution in [3.63, 3.8) is 0 Å². The molecule has 2 aliphatic carbocycles. The van der Waals surface area contributed by atoms with Crippen LogP contribution in [0.25, 0.3) is 0 Å². The van der Waals surface area contributed by atoms with Crippen LogP contribution in [0.2, 0.25) is 0 Å². The number of thioether (sulfide) groups is 1. The molecule has 1 unspecified atom stereocenters. The highest BCUT2D eigenvalue weighted by atomic mass is 32.2. The summed E-state index contributed by atoms with van der Waals surface area (Å²) in [7, 11) is 0. The number of hydrogen-bond donors (Lipinski definition) is 1. The molecule has 96 valence electrons. The maximum Gasteiger partial charge on any atom is 0.156 e. The zero-order valence-corrected chi connectivity index (χ0v) is 11.6. The Labute approximate surface area is 109 Å². The van der Waals surface area contributed by atoms with Gasteiger partial charge in [-0.2, -0.15) is 0 Å². The molecule has 3 aliphatic rings. The van der Waals surface area contributed by atoms with Crippen LogP contribution in [0.4, 0.5) is 0 Å². The fourth-order valence-electron chi connectivity index (χ4n) is 2.97. The second-order valence-corrected chi connectivity index (χ2v) is 7.37. The summed E-state index contributed by atoms with van der Waals surface area (Å²) in [5.74, 6) is 2.84. The van der Waals surface area contributed by atoms with Crippen molar-refractivity contribution in [2.24, 2.45) is 22.7 Å². The molecule has 1 heterocycles. The fourth-order valence-corrected chi connectivity index (χ4v) is 4.18. The van der Waals surface area contributed by atoms with E-state index in [1.165, 1.54) is 43.7 Å². The van der Waals surface area contributed by atoms with Gasteiger partial charge in [0.1, 0.15) is 0 Å². The minimum atomic E-state index is 0.809. The molecule has 0 spiro atoms. The minimum Gasteiger partial charge on any atom is -0.365 e. The van der Waals surface area contributed by atoms with Crippen molar-refractivity contribution in [1.82, 2.24) is 5.32 Å². The van der Waals surface area contributed by atoms with Gasteiger partial charge in [-0.1, -0.05) is 31.5 Å². The Morgan fingerprint density at radius 3 is 2.65 bits per heavy atom. The van der Waals surface area contributed by atoms with Gasteiger partial charge in [-0.05, 0) is 43.4 Å². The Kier molecular flexibility index (Phi) is 3.64. The lowest BCUT2D eigenvalue weighted by molar-refractivity contribution is 0.290. The van der Waals surface area contributed by atoms with Gasteiger partial charge >= 0.3 is 0 Å². The zero-order chi connectivity index (χ0) is 11.7. The van der Waals surface area contributed by atoms with Gasteiger partial charge in [0, 0.05) is 11.8 Å². The van der Waals surface area contributed by atoms with E-state index in [-0.39, 0.29) is 0 Å². The number of amidine groups is 1. The fraction of sp³-hybridized carbons (Fsp3) is 0.929. The summed E-state index contributed by atoms with van der Waals surface area (Å²) in [5.41, 5.74) is 0. The van der Waals surface area contributed by atoms with Gasteiger partial charge in [0.15, 0.2) is 5.17 Å². The number of nitrogens with one attached hydrogen (secondary N) is 1. The van der Waals surface area contributed by atoms with Gasteiger partial charge in [-0.15, -0.1) is 0 Å². The van der Waals surface area contributed by atoms with Crippen molar-refractivity contribution in [3.05, 3.63) is 0 Å². The van der Waals surface area contributed by atoms with Gasteiger partial charge in [0.2, 0.25) is 0 Å². The molecule has 3 rings (SSSR count). The van der Waals surface area contributed by atoms with Gasteiger partial charge < -0.3 is 5.32 Å². The molecule has 2 saturated carbocycles. The van der Waals surface area contributed by atoms with Crippen LogP contribution in [0.15, 0.2) is 4.99 Å². The molecule has 2 fully saturated rings. The second kappa shape index (κ2) is 5.21. The first-order valence-corrected chi connectivity index (χ1v) is 8.14. The Hall–Kier alpha value is -0.180. The summed E-state index contributed by atoms with van der Waals surface area (Å²) in [6.07, 6.45) is 8.58. The van der Waals surface area contributed by atoms with Crippen LogP contribution in [-0.2, 0) is 0 Å². The van der Waals surface area contributed by atoms with E-state index in [1.54, 1.807) is 0 Å². The highest BCUT2D eigenvalue weighted by Gasteiger charge is 2.35. The highest BCUT2D eigenvalue weighted by Crippen LogP contribution is 2.41. The van der Waals surface area contributed by atoms with Gasteiger partial charge in [0.05, 0.1) is 6.54 Å². The third-order valence-electron chi connectivity index (χ3n) is 4.50. The first-order valence-electron chi connectivity index (χ1n) is 7.26. The van der Waals surface area contributed by atoms with E-state index in [9.17, 15) is 0 Å². The molecule has 17 heavy (non-hydrogen) atoms. The lowest BCUT2D eigenvalue weighted by Crippen LogP contribution is -2.29. The topological polar surface area (TPSA) is 24.4 Å². The van der Waals surface area contributed by atoms with Crippen LogP contribution in [0, 0.1) is 17.8 Å².